The number of carbonyl (C=O) groups excluding carboxylic acids is 2. The first-order valence-electron chi connectivity index (χ1n) is 7.46. The van der Waals surface area contributed by atoms with Crippen molar-refractivity contribution < 1.29 is 9.59 Å². The van der Waals surface area contributed by atoms with Gasteiger partial charge < -0.3 is 0 Å². The maximum Gasteiger partial charge on any atom is 0.238 e. The molecule has 1 spiro atoms. The minimum Gasteiger partial charge on any atom is -0.274 e. The Hall–Kier alpha value is -1.61. The Morgan fingerprint density at radius 1 is 1.00 bits per heavy atom. The van der Waals surface area contributed by atoms with Crippen molar-refractivity contribution >= 4 is 29.1 Å². The lowest BCUT2D eigenvalue weighted by molar-refractivity contribution is -0.123. The summed E-state index contributed by atoms with van der Waals surface area (Å²) in [5.74, 6) is 0.0906. The molecule has 4 atom stereocenters. The Labute approximate surface area is 127 Å². The SMILES string of the molecule is O=C1[C@@H]2[C@@H](C(=O)N1c1ccccc1Cl)[C@@H]1C=C[C@@H]2C12CC2. The number of para-hydroxylation sites is 1. The zero-order chi connectivity index (χ0) is 14.4. The molecule has 106 valence electrons. The van der Waals surface area contributed by atoms with Crippen LogP contribution in [0.15, 0.2) is 36.4 Å². The van der Waals surface area contributed by atoms with Gasteiger partial charge in [0.2, 0.25) is 11.8 Å². The highest BCUT2D eigenvalue weighted by molar-refractivity contribution is 6.36. The molecule has 1 heterocycles. The van der Waals surface area contributed by atoms with Gasteiger partial charge in [-0.1, -0.05) is 35.9 Å². The Morgan fingerprint density at radius 3 is 2.10 bits per heavy atom. The molecular weight excluding hydrogens is 286 g/mol. The Balaban J connectivity index is 1.61. The zero-order valence-corrected chi connectivity index (χ0v) is 12.1. The van der Waals surface area contributed by atoms with Crippen LogP contribution in [0.4, 0.5) is 5.69 Å². The molecule has 4 aliphatic rings. The molecule has 1 saturated heterocycles. The molecule has 1 aromatic carbocycles. The molecule has 3 aliphatic carbocycles. The van der Waals surface area contributed by atoms with Crippen LogP contribution < -0.4 is 4.90 Å². The van der Waals surface area contributed by atoms with Gasteiger partial charge in [0.25, 0.3) is 0 Å². The van der Waals surface area contributed by atoms with E-state index in [0.717, 1.165) is 12.8 Å². The number of imide groups is 1. The number of fused-ring (bicyclic) bond motifs is 3. The van der Waals surface area contributed by atoms with E-state index < -0.39 is 0 Å². The average Bonchev–Trinajstić information content (AvgIpc) is 3.07. The number of hydrogen-bond acceptors (Lipinski definition) is 2. The molecule has 3 nitrogen and oxygen atoms in total. The summed E-state index contributed by atoms with van der Waals surface area (Å²) < 4.78 is 0. The van der Waals surface area contributed by atoms with Crippen LogP contribution in [0.1, 0.15) is 12.8 Å². The average molecular weight is 300 g/mol. The quantitative estimate of drug-likeness (QED) is 0.590. The first-order chi connectivity index (χ1) is 10.1. The van der Waals surface area contributed by atoms with Crippen molar-refractivity contribution in [1.29, 1.82) is 0 Å². The van der Waals surface area contributed by atoms with E-state index in [1.54, 1.807) is 12.1 Å². The smallest absolute Gasteiger partial charge is 0.238 e. The fraction of sp³-hybridized carbons (Fsp3) is 0.412. The van der Waals surface area contributed by atoms with Crippen LogP contribution in [-0.4, -0.2) is 11.8 Å². The second kappa shape index (κ2) is 3.58. The van der Waals surface area contributed by atoms with Crippen molar-refractivity contribution in [1.82, 2.24) is 0 Å². The highest BCUT2D eigenvalue weighted by atomic mass is 35.5. The van der Waals surface area contributed by atoms with E-state index in [9.17, 15) is 9.59 Å². The van der Waals surface area contributed by atoms with E-state index >= 15 is 0 Å². The molecule has 4 heteroatoms. The number of amides is 2. The maximum absolute atomic E-state index is 12.9. The Kier molecular flexibility index (Phi) is 2.05. The van der Waals surface area contributed by atoms with Gasteiger partial charge in [0, 0.05) is 0 Å². The zero-order valence-electron chi connectivity index (χ0n) is 11.3. The molecule has 2 bridgehead atoms. The third-order valence-electron chi connectivity index (χ3n) is 5.95. The lowest BCUT2D eigenvalue weighted by Gasteiger charge is -2.22. The predicted octanol–water partition coefficient (Wildman–Crippen LogP) is 3.04. The highest BCUT2D eigenvalue weighted by Crippen LogP contribution is 2.73. The minimum absolute atomic E-state index is 0.0544. The summed E-state index contributed by atoms with van der Waals surface area (Å²) in [4.78, 5) is 27.1. The number of hydrogen-bond donors (Lipinski definition) is 0. The first kappa shape index (κ1) is 12.0. The van der Waals surface area contributed by atoms with E-state index in [0.29, 0.717) is 10.7 Å². The van der Waals surface area contributed by atoms with Gasteiger partial charge in [-0.3, -0.25) is 9.59 Å². The van der Waals surface area contributed by atoms with Crippen LogP contribution in [-0.2, 0) is 9.59 Å². The van der Waals surface area contributed by atoms with Crippen LogP contribution in [0.3, 0.4) is 0 Å². The molecular formula is C17H14ClNO2. The fourth-order valence-corrected chi connectivity index (χ4v) is 5.17. The fourth-order valence-electron chi connectivity index (χ4n) is 4.95. The number of halogens is 1. The predicted molar refractivity (Wildman–Crippen MR) is 78.7 cm³/mol. The number of allylic oxidation sites excluding steroid dienone is 2. The second-order valence-corrected chi connectivity index (χ2v) is 7.09. The van der Waals surface area contributed by atoms with Gasteiger partial charge in [-0.2, -0.15) is 0 Å². The van der Waals surface area contributed by atoms with Gasteiger partial charge in [-0.05, 0) is 42.2 Å². The molecule has 0 radical (unpaired) electrons. The van der Waals surface area contributed by atoms with Crippen molar-refractivity contribution in [2.45, 2.75) is 12.8 Å². The van der Waals surface area contributed by atoms with Gasteiger partial charge >= 0.3 is 0 Å². The van der Waals surface area contributed by atoms with Gasteiger partial charge in [-0.25, -0.2) is 4.90 Å². The summed E-state index contributed by atoms with van der Waals surface area (Å²) in [5, 5.41) is 0.459. The number of rotatable bonds is 1. The van der Waals surface area contributed by atoms with E-state index in [1.165, 1.54) is 4.90 Å². The lowest BCUT2D eigenvalue weighted by Crippen LogP contribution is -2.34. The van der Waals surface area contributed by atoms with Crippen molar-refractivity contribution in [3.8, 4) is 0 Å². The summed E-state index contributed by atoms with van der Waals surface area (Å²) in [6.07, 6.45) is 6.68. The van der Waals surface area contributed by atoms with Crippen LogP contribution in [0, 0.1) is 29.1 Å². The summed E-state index contributed by atoms with van der Waals surface area (Å²) >= 11 is 6.19. The standard InChI is InChI=1S/C17H14ClNO2/c18-11-3-1-2-4-12(11)19-15(20)13-9-5-6-10(14(13)16(19)21)17(9)7-8-17/h1-6,9-10,13-14H,7-8H2/t9-,10-,13-,14-/m0/s1. The summed E-state index contributed by atoms with van der Waals surface area (Å²) in [6, 6.07) is 7.09. The molecule has 2 saturated carbocycles. The van der Waals surface area contributed by atoms with Crippen molar-refractivity contribution in [2.75, 3.05) is 4.90 Å². The number of benzene rings is 1. The molecule has 1 aromatic rings. The molecule has 0 aromatic heterocycles. The molecule has 2 amide bonds. The lowest BCUT2D eigenvalue weighted by atomic mass is 9.85. The number of anilines is 1. The molecule has 1 aliphatic heterocycles. The van der Waals surface area contributed by atoms with Crippen LogP contribution >= 0.6 is 11.6 Å². The van der Waals surface area contributed by atoms with Crippen molar-refractivity contribution in [2.24, 2.45) is 29.1 Å². The van der Waals surface area contributed by atoms with Crippen LogP contribution in [0.25, 0.3) is 0 Å². The van der Waals surface area contributed by atoms with E-state index in [-0.39, 0.29) is 40.9 Å². The second-order valence-electron chi connectivity index (χ2n) is 6.68. The number of nitrogens with zero attached hydrogens (tertiary/aromatic N) is 1. The van der Waals surface area contributed by atoms with Gasteiger partial charge in [0.15, 0.2) is 0 Å². The van der Waals surface area contributed by atoms with Gasteiger partial charge in [-0.15, -0.1) is 0 Å². The topological polar surface area (TPSA) is 37.4 Å². The Morgan fingerprint density at radius 2 is 1.57 bits per heavy atom. The van der Waals surface area contributed by atoms with E-state index in [2.05, 4.69) is 12.2 Å². The molecule has 0 N–H and O–H groups in total. The van der Waals surface area contributed by atoms with Crippen molar-refractivity contribution in [3.05, 3.63) is 41.4 Å². The van der Waals surface area contributed by atoms with Gasteiger partial charge in [0.1, 0.15) is 0 Å². The maximum atomic E-state index is 12.9. The van der Waals surface area contributed by atoms with Crippen molar-refractivity contribution in [3.63, 3.8) is 0 Å². The normalized spacial score (nSPS) is 37.7. The number of carbonyl (C=O) groups is 2. The summed E-state index contributed by atoms with van der Waals surface area (Å²) in [7, 11) is 0. The third-order valence-corrected chi connectivity index (χ3v) is 6.27. The molecule has 5 rings (SSSR count). The third kappa shape index (κ3) is 1.23. The van der Waals surface area contributed by atoms with E-state index in [4.69, 9.17) is 11.6 Å². The first-order valence-corrected chi connectivity index (χ1v) is 7.84. The molecule has 21 heavy (non-hydrogen) atoms. The summed E-state index contributed by atoms with van der Waals surface area (Å²) in [5.41, 5.74) is 0.778. The Bertz CT molecular complexity index is 687. The van der Waals surface area contributed by atoms with E-state index in [1.807, 2.05) is 12.1 Å². The highest BCUT2D eigenvalue weighted by Gasteiger charge is 2.73. The molecule has 3 fully saturated rings. The minimum atomic E-state index is -0.161. The monoisotopic (exact) mass is 299 g/mol. The largest absolute Gasteiger partial charge is 0.274 e. The molecule has 0 unspecified atom stereocenters. The van der Waals surface area contributed by atoms with Gasteiger partial charge in [0.05, 0.1) is 22.5 Å². The van der Waals surface area contributed by atoms with Crippen LogP contribution in [0.5, 0.6) is 0 Å². The van der Waals surface area contributed by atoms with Crippen LogP contribution in [0.2, 0.25) is 5.02 Å². The summed E-state index contributed by atoms with van der Waals surface area (Å²) in [6.45, 7) is 0.